The fraction of sp³-hybridized carbons (Fsp3) is 0.250. The Hall–Kier alpha value is -2.94. The van der Waals surface area contributed by atoms with E-state index >= 15 is 0 Å². The van der Waals surface area contributed by atoms with Crippen LogP contribution in [0.15, 0.2) is 36.4 Å². The Morgan fingerprint density at radius 1 is 1.17 bits per heavy atom. The summed E-state index contributed by atoms with van der Waals surface area (Å²) in [5, 5.41) is 2.37. The number of pyridine rings is 1. The topological polar surface area (TPSA) is 62.3 Å². The van der Waals surface area contributed by atoms with Gasteiger partial charge >= 0.3 is 6.18 Å². The fourth-order valence-corrected chi connectivity index (χ4v) is 5.08. The van der Waals surface area contributed by atoms with Gasteiger partial charge in [0.15, 0.2) is 0 Å². The predicted molar refractivity (Wildman–Crippen MR) is 103 cm³/mol. The summed E-state index contributed by atoms with van der Waals surface area (Å²) in [6.07, 6.45) is -3.48. The summed E-state index contributed by atoms with van der Waals surface area (Å²) < 4.78 is 41.9. The minimum absolute atomic E-state index is 0.0752. The summed E-state index contributed by atoms with van der Waals surface area (Å²) in [7, 11) is 0. The van der Waals surface area contributed by atoms with Crippen LogP contribution in [0.5, 0.6) is 0 Å². The van der Waals surface area contributed by atoms with Crippen molar-refractivity contribution >= 4 is 39.1 Å². The maximum Gasteiger partial charge on any atom is 0.417 e. The smallest absolute Gasteiger partial charge is 0.326 e. The number of nitrogens with zero attached hydrogens (tertiary/aromatic N) is 2. The van der Waals surface area contributed by atoms with E-state index in [1.807, 2.05) is 0 Å². The molecule has 4 heterocycles. The van der Waals surface area contributed by atoms with Gasteiger partial charge in [-0.05, 0) is 18.9 Å². The molecular formula is C20H14F3N3O2S. The molecule has 5 rings (SSSR count). The molecule has 0 spiro atoms. The largest absolute Gasteiger partial charge is 0.417 e. The van der Waals surface area contributed by atoms with Gasteiger partial charge in [0.1, 0.15) is 15.7 Å². The molecule has 1 atom stereocenters. The van der Waals surface area contributed by atoms with Gasteiger partial charge in [-0.3, -0.25) is 9.59 Å². The quantitative estimate of drug-likeness (QED) is 0.632. The van der Waals surface area contributed by atoms with Crippen molar-refractivity contribution in [1.29, 1.82) is 0 Å². The number of carbonyl (C=O) groups excluding carboxylic acids is 2. The van der Waals surface area contributed by atoms with E-state index in [1.165, 1.54) is 4.90 Å². The molecular weight excluding hydrogens is 403 g/mol. The molecule has 0 aliphatic carbocycles. The number of aromatic nitrogens is 1. The molecule has 0 unspecified atom stereocenters. The van der Waals surface area contributed by atoms with E-state index in [0.717, 1.165) is 17.4 Å². The molecule has 5 nitrogen and oxygen atoms in total. The van der Waals surface area contributed by atoms with Crippen LogP contribution in [0.3, 0.4) is 0 Å². The van der Waals surface area contributed by atoms with Crippen molar-refractivity contribution in [2.45, 2.75) is 25.1 Å². The number of benzene rings is 1. The Kier molecular flexibility index (Phi) is 3.92. The van der Waals surface area contributed by atoms with Gasteiger partial charge in [0, 0.05) is 17.5 Å². The molecule has 9 heteroatoms. The number of fused-ring (bicyclic) bond motifs is 4. The summed E-state index contributed by atoms with van der Waals surface area (Å²) >= 11 is 0.894. The Morgan fingerprint density at radius 3 is 2.66 bits per heavy atom. The van der Waals surface area contributed by atoms with Gasteiger partial charge in [-0.15, -0.1) is 11.3 Å². The summed E-state index contributed by atoms with van der Waals surface area (Å²) in [4.78, 5) is 31.6. The third-order valence-electron chi connectivity index (χ3n) is 5.30. The molecule has 0 bridgehead atoms. The Balaban J connectivity index is 1.79. The summed E-state index contributed by atoms with van der Waals surface area (Å²) in [5.74, 6) is -0.868. The number of rotatable bonds is 1. The van der Waals surface area contributed by atoms with Crippen LogP contribution in [-0.2, 0) is 11.0 Å². The molecule has 0 radical (unpaired) electrons. The van der Waals surface area contributed by atoms with Crippen molar-refractivity contribution in [2.75, 3.05) is 11.9 Å². The summed E-state index contributed by atoms with van der Waals surface area (Å²) in [5.41, 5.74) is -0.277. The fourth-order valence-electron chi connectivity index (χ4n) is 3.97. The van der Waals surface area contributed by atoms with Gasteiger partial charge in [-0.25, -0.2) is 4.98 Å². The first kappa shape index (κ1) is 18.1. The highest BCUT2D eigenvalue weighted by Gasteiger charge is 2.43. The zero-order valence-corrected chi connectivity index (χ0v) is 15.7. The van der Waals surface area contributed by atoms with Crippen LogP contribution in [0.2, 0.25) is 0 Å². The number of hydrogen-bond acceptors (Lipinski definition) is 4. The summed E-state index contributed by atoms with van der Waals surface area (Å²) in [6.45, 7) is 0.416. The van der Waals surface area contributed by atoms with E-state index < -0.39 is 29.6 Å². The van der Waals surface area contributed by atoms with Crippen LogP contribution in [0.25, 0.3) is 21.5 Å². The first-order valence-corrected chi connectivity index (χ1v) is 9.88. The highest BCUT2D eigenvalue weighted by Crippen LogP contribution is 2.46. The Morgan fingerprint density at radius 2 is 1.93 bits per heavy atom. The third-order valence-corrected chi connectivity index (χ3v) is 6.37. The molecule has 1 fully saturated rings. The van der Waals surface area contributed by atoms with Crippen LogP contribution in [-0.4, -0.2) is 34.3 Å². The number of alkyl halides is 3. The second kappa shape index (κ2) is 6.28. The average molecular weight is 417 g/mol. The van der Waals surface area contributed by atoms with Crippen molar-refractivity contribution in [3.05, 3.63) is 46.8 Å². The van der Waals surface area contributed by atoms with Gasteiger partial charge in [-0.2, -0.15) is 13.2 Å². The van der Waals surface area contributed by atoms with Gasteiger partial charge in [0.25, 0.3) is 5.91 Å². The number of anilines is 1. The van der Waals surface area contributed by atoms with E-state index in [2.05, 4.69) is 10.3 Å². The first-order chi connectivity index (χ1) is 13.8. The molecule has 2 aliphatic rings. The molecule has 1 N–H and O–H groups in total. The average Bonchev–Trinajstić information content (AvgIpc) is 3.30. The molecule has 148 valence electrons. The normalized spacial score (nSPS) is 19.1. The number of thiophene rings is 1. The summed E-state index contributed by atoms with van der Waals surface area (Å²) in [6, 6.07) is 8.89. The van der Waals surface area contributed by atoms with Crippen molar-refractivity contribution < 1.29 is 22.8 Å². The van der Waals surface area contributed by atoms with E-state index in [9.17, 15) is 22.8 Å². The van der Waals surface area contributed by atoms with Gasteiger partial charge in [0.05, 0.1) is 16.9 Å². The standard InChI is InChI=1S/C20H14F3N3O2S/c21-20(22,23)11-9-12(10-5-2-1-3-6-10)24-18-14(11)15-16(29-18)19(28)26-8-4-7-13(26)17(27)25-15/h1-3,5-6,9,13H,4,7-8H2,(H,25,27)/t13-/m0/s1. The van der Waals surface area contributed by atoms with Gasteiger partial charge in [0.2, 0.25) is 5.91 Å². The molecule has 29 heavy (non-hydrogen) atoms. The predicted octanol–water partition coefficient (Wildman–Crippen LogP) is 4.54. The lowest BCUT2D eigenvalue weighted by Gasteiger charge is -2.19. The molecule has 1 saturated heterocycles. The third kappa shape index (κ3) is 2.79. The lowest BCUT2D eigenvalue weighted by atomic mass is 10.1. The van der Waals surface area contributed by atoms with Crippen LogP contribution in [0, 0.1) is 0 Å². The SMILES string of the molecule is O=C1Nc2c(sc3nc(-c4ccccc4)cc(C(F)(F)F)c23)C(=O)N2CCC[C@@H]12. The Bertz CT molecular complexity index is 1160. The number of carbonyl (C=O) groups is 2. The molecule has 2 aliphatic heterocycles. The number of hydrogen-bond donors (Lipinski definition) is 1. The minimum atomic E-state index is -4.67. The highest BCUT2D eigenvalue weighted by molar-refractivity contribution is 7.21. The molecule has 3 aromatic rings. The monoisotopic (exact) mass is 417 g/mol. The van der Waals surface area contributed by atoms with Gasteiger partial charge in [-0.1, -0.05) is 30.3 Å². The van der Waals surface area contributed by atoms with Crippen molar-refractivity contribution in [2.24, 2.45) is 0 Å². The van der Waals surface area contributed by atoms with Crippen molar-refractivity contribution in [1.82, 2.24) is 9.88 Å². The second-order valence-corrected chi connectivity index (χ2v) is 8.05. The molecule has 1 aromatic carbocycles. The van der Waals surface area contributed by atoms with Crippen molar-refractivity contribution in [3.63, 3.8) is 0 Å². The van der Waals surface area contributed by atoms with Crippen LogP contribution in [0.4, 0.5) is 18.9 Å². The van der Waals surface area contributed by atoms with Crippen molar-refractivity contribution in [3.8, 4) is 11.3 Å². The molecule has 0 saturated carbocycles. The lowest BCUT2D eigenvalue weighted by Crippen LogP contribution is -2.40. The number of nitrogens with one attached hydrogen (secondary N) is 1. The number of halogens is 3. The van der Waals surface area contributed by atoms with E-state index in [-0.39, 0.29) is 26.5 Å². The van der Waals surface area contributed by atoms with Crippen LogP contribution < -0.4 is 5.32 Å². The maximum atomic E-state index is 14.0. The van der Waals surface area contributed by atoms with E-state index in [4.69, 9.17) is 0 Å². The first-order valence-electron chi connectivity index (χ1n) is 9.06. The second-order valence-electron chi connectivity index (χ2n) is 7.05. The van der Waals surface area contributed by atoms with Crippen LogP contribution in [0.1, 0.15) is 28.1 Å². The number of amides is 2. The van der Waals surface area contributed by atoms with E-state index in [0.29, 0.717) is 24.9 Å². The molecule has 2 amide bonds. The van der Waals surface area contributed by atoms with Crippen LogP contribution >= 0.6 is 11.3 Å². The highest BCUT2D eigenvalue weighted by atomic mass is 32.1. The minimum Gasteiger partial charge on any atom is -0.326 e. The zero-order chi connectivity index (χ0) is 20.3. The Labute approximate surface area is 167 Å². The molecule has 2 aromatic heterocycles. The zero-order valence-electron chi connectivity index (χ0n) is 14.9. The maximum absolute atomic E-state index is 14.0. The van der Waals surface area contributed by atoms with E-state index in [1.54, 1.807) is 30.3 Å². The van der Waals surface area contributed by atoms with Gasteiger partial charge < -0.3 is 10.2 Å². The lowest BCUT2D eigenvalue weighted by molar-refractivity contribution is -0.136.